The molecule has 2 fully saturated rings. The molecule has 2 saturated heterocycles. The van der Waals surface area contributed by atoms with E-state index >= 15 is 0 Å². The van der Waals surface area contributed by atoms with Gasteiger partial charge in [-0.3, -0.25) is 9.69 Å². The van der Waals surface area contributed by atoms with Crippen LogP contribution in [0.5, 0.6) is 0 Å². The Balaban J connectivity index is 1.80. The van der Waals surface area contributed by atoms with Gasteiger partial charge in [0.25, 0.3) is 0 Å². The normalized spacial score (nSPS) is 22.4. The van der Waals surface area contributed by atoms with Crippen LogP contribution in [0, 0.1) is 0 Å². The average molecular weight is 253 g/mol. The molecule has 0 atom stereocenters. The molecule has 2 aliphatic heterocycles. The van der Waals surface area contributed by atoms with Gasteiger partial charge in [0, 0.05) is 32.2 Å². The third-order valence-electron chi connectivity index (χ3n) is 4.23. The van der Waals surface area contributed by atoms with E-state index in [1.54, 1.807) is 0 Å². The number of likely N-dealkylation sites (N-methyl/N-ethyl adjacent to an activating group) is 1. The molecular weight excluding hydrogens is 226 g/mol. The highest BCUT2D eigenvalue weighted by atomic mass is 16.2. The van der Waals surface area contributed by atoms with Crippen molar-refractivity contribution >= 4 is 5.91 Å². The van der Waals surface area contributed by atoms with Crippen LogP contribution < -0.4 is 5.32 Å². The molecule has 1 amide bonds. The Bertz CT molecular complexity index is 258. The number of carbonyl (C=O) groups is 1. The minimum Gasteiger partial charge on any atom is -0.342 e. The number of carbonyl (C=O) groups excluding carboxylic acids is 1. The zero-order chi connectivity index (χ0) is 12.8. The van der Waals surface area contributed by atoms with Crippen LogP contribution in [0.25, 0.3) is 0 Å². The monoisotopic (exact) mass is 253 g/mol. The molecule has 0 radical (unpaired) electrons. The van der Waals surface area contributed by atoms with Crippen molar-refractivity contribution in [2.24, 2.45) is 0 Å². The van der Waals surface area contributed by atoms with Crippen LogP contribution in [0.3, 0.4) is 0 Å². The largest absolute Gasteiger partial charge is 0.342 e. The Morgan fingerprint density at radius 3 is 2.28 bits per heavy atom. The standard InChI is InChI=1S/C14H27N3O/c1-2-16(13-10-15-11-13)12-14(18)17-8-6-4-3-5-7-9-17/h13,15H,2-12H2,1H3. The molecule has 0 unspecified atom stereocenters. The van der Waals surface area contributed by atoms with E-state index in [0.29, 0.717) is 18.5 Å². The molecule has 0 saturated carbocycles. The number of hydrogen-bond donors (Lipinski definition) is 1. The Kier molecular flexibility index (Phi) is 5.45. The highest BCUT2D eigenvalue weighted by Crippen LogP contribution is 2.12. The number of rotatable bonds is 4. The summed E-state index contributed by atoms with van der Waals surface area (Å²) in [5.41, 5.74) is 0. The third-order valence-corrected chi connectivity index (χ3v) is 4.23. The molecule has 0 aromatic rings. The fourth-order valence-electron chi connectivity index (χ4n) is 2.80. The molecule has 0 aliphatic carbocycles. The van der Waals surface area contributed by atoms with Gasteiger partial charge in [-0.15, -0.1) is 0 Å². The Morgan fingerprint density at radius 2 is 1.78 bits per heavy atom. The first kappa shape index (κ1) is 13.8. The molecule has 4 nitrogen and oxygen atoms in total. The molecule has 2 rings (SSSR count). The maximum atomic E-state index is 12.3. The SMILES string of the molecule is CCN(CC(=O)N1CCCCCCC1)C1CNC1. The van der Waals surface area contributed by atoms with Gasteiger partial charge in [0.05, 0.1) is 6.54 Å². The number of likely N-dealkylation sites (tertiary alicyclic amines) is 1. The summed E-state index contributed by atoms with van der Waals surface area (Å²) < 4.78 is 0. The van der Waals surface area contributed by atoms with E-state index in [1.807, 2.05) is 0 Å². The number of nitrogens with one attached hydrogen (secondary N) is 1. The highest BCUT2D eigenvalue weighted by molar-refractivity contribution is 5.78. The van der Waals surface area contributed by atoms with Crippen LogP contribution in [0.1, 0.15) is 39.0 Å². The van der Waals surface area contributed by atoms with Gasteiger partial charge < -0.3 is 10.2 Å². The van der Waals surface area contributed by atoms with Gasteiger partial charge in [0.15, 0.2) is 0 Å². The second-order valence-corrected chi connectivity index (χ2v) is 5.52. The van der Waals surface area contributed by atoms with Gasteiger partial charge in [0.2, 0.25) is 5.91 Å². The fourth-order valence-corrected chi connectivity index (χ4v) is 2.80. The summed E-state index contributed by atoms with van der Waals surface area (Å²) in [6, 6.07) is 0.578. The van der Waals surface area contributed by atoms with Crippen LogP contribution in [0.2, 0.25) is 0 Å². The van der Waals surface area contributed by atoms with Crippen LogP contribution in [-0.4, -0.2) is 61.0 Å². The van der Waals surface area contributed by atoms with Crippen molar-refractivity contribution in [3.63, 3.8) is 0 Å². The minimum atomic E-state index is 0.339. The van der Waals surface area contributed by atoms with Gasteiger partial charge in [0.1, 0.15) is 0 Å². The first-order chi connectivity index (χ1) is 8.81. The number of hydrogen-bond acceptors (Lipinski definition) is 3. The van der Waals surface area contributed by atoms with Crippen LogP contribution in [0.15, 0.2) is 0 Å². The number of amides is 1. The highest BCUT2D eigenvalue weighted by Gasteiger charge is 2.26. The maximum Gasteiger partial charge on any atom is 0.236 e. The smallest absolute Gasteiger partial charge is 0.236 e. The molecule has 104 valence electrons. The summed E-state index contributed by atoms with van der Waals surface area (Å²) in [6.07, 6.45) is 6.28. The second-order valence-electron chi connectivity index (χ2n) is 5.52. The van der Waals surface area contributed by atoms with E-state index in [9.17, 15) is 4.79 Å². The topological polar surface area (TPSA) is 35.6 Å². The lowest BCUT2D eigenvalue weighted by molar-refractivity contribution is -0.133. The maximum absolute atomic E-state index is 12.3. The van der Waals surface area contributed by atoms with Crippen molar-refractivity contribution < 1.29 is 4.79 Å². The van der Waals surface area contributed by atoms with Crippen molar-refractivity contribution in [1.82, 2.24) is 15.1 Å². The Morgan fingerprint density at radius 1 is 1.17 bits per heavy atom. The van der Waals surface area contributed by atoms with Crippen molar-refractivity contribution in [3.05, 3.63) is 0 Å². The summed E-state index contributed by atoms with van der Waals surface area (Å²) in [6.45, 7) is 7.77. The molecular formula is C14H27N3O. The van der Waals surface area contributed by atoms with E-state index < -0.39 is 0 Å². The first-order valence-corrected chi connectivity index (χ1v) is 7.54. The molecule has 18 heavy (non-hydrogen) atoms. The van der Waals surface area contributed by atoms with Crippen molar-refractivity contribution in [3.8, 4) is 0 Å². The van der Waals surface area contributed by atoms with Gasteiger partial charge in [-0.25, -0.2) is 0 Å². The summed E-state index contributed by atoms with van der Waals surface area (Å²) >= 11 is 0. The third kappa shape index (κ3) is 3.69. The van der Waals surface area contributed by atoms with E-state index in [-0.39, 0.29) is 0 Å². The van der Waals surface area contributed by atoms with E-state index in [4.69, 9.17) is 0 Å². The molecule has 0 aromatic carbocycles. The zero-order valence-corrected chi connectivity index (χ0v) is 11.7. The lowest BCUT2D eigenvalue weighted by atomic mass is 10.1. The predicted molar refractivity (Wildman–Crippen MR) is 73.6 cm³/mol. The van der Waals surface area contributed by atoms with E-state index in [2.05, 4.69) is 22.0 Å². The Hall–Kier alpha value is -0.610. The summed E-state index contributed by atoms with van der Waals surface area (Å²) in [5, 5.41) is 3.28. The molecule has 0 spiro atoms. The summed E-state index contributed by atoms with van der Waals surface area (Å²) in [7, 11) is 0. The van der Waals surface area contributed by atoms with Gasteiger partial charge in [-0.2, -0.15) is 0 Å². The van der Waals surface area contributed by atoms with Gasteiger partial charge >= 0.3 is 0 Å². The van der Waals surface area contributed by atoms with Crippen LogP contribution in [-0.2, 0) is 4.79 Å². The molecule has 0 bridgehead atoms. The molecule has 2 heterocycles. The first-order valence-electron chi connectivity index (χ1n) is 7.54. The van der Waals surface area contributed by atoms with Crippen LogP contribution in [0.4, 0.5) is 0 Å². The average Bonchev–Trinajstić information content (AvgIpc) is 2.24. The fraction of sp³-hybridized carbons (Fsp3) is 0.929. The molecule has 4 heteroatoms. The summed E-state index contributed by atoms with van der Waals surface area (Å²) in [5.74, 6) is 0.339. The van der Waals surface area contributed by atoms with E-state index in [1.165, 1.54) is 32.1 Å². The summed E-state index contributed by atoms with van der Waals surface area (Å²) in [4.78, 5) is 16.7. The van der Waals surface area contributed by atoms with Crippen molar-refractivity contribution in [2.75, 3.05) is 39.3 Å². The van der Waals surface area contributed by atoms with Gasteiger partial charge in [-0.05, 0) is 19.4 Å². The van der Waals surface area contributed by atoms with Crippen LogP contribution >= 0.6 is 0 Å². The van der Waals surface area contributed by atoms with Crippen molar-refractivity contribution in [1.29, 1.82) is 0 Å². The second kappa shape index (κ2) is 7.10. The molecule has 2 aliphatic rings. The Labute approximate surface area is 111 Å². The minimum absolute atomic E-state index is 0.339. The van der Waals surface area contributed by atoms with Crippen molar-refractivity contribution in [2.45, 2.75) is 45.1 Å². The quantitative estimate of drug-likeness (QED) is 0.814. The lowest BCUT2D eigenvalue weighted by Gasteiger charge is -2.38. The number of nitrogens with zero attached hydrogens (tertiary/aromatic N) is 2. The van der Waals surface area contributed by atoms with E-state index in [0.717, 1.165) is 32.7 Å². The lowest BCUT2D eigenvalue weighted by Crippen LogP contribution is -2.59. The zero-order valence-electron chi connectivity index (χ0n) is 11.7. The predicted octanol–water partition coefficient (Wildman–Crippen LogP) is 1.07. The molecule has 1 N–H and O–H groups in total. The molecule has 0 aromatic heterocycles. The van der Waals surface area contributed by atoms with Gasteiger partial charge in [-0.1, -0.05) is 26.2 Å².